The van der Waals surface area contributed by atoms with Crippen LogP contribution in [0.4, 0.5) is 5.69 Å². The van der Waals surface area contributed by atoms with E-state index in [-0.39, 0.29) is 49.6 Å². The van der Waals surface area contributed by atoms with Gasteiger partial charge in [0.15, 0.2) is 0 Å². The largest absolute Gasteiger partial charge is 0.348 e. The van der Waals surface area contributed by atoms with Crippen LogP contribution in [0, 0.1) is 0 Å². The fourth-order valence-corrected chi connectivity index (χ4v) is 3.58. The lowest BCUT2D eigenvalue weighted by molar-refractivity contribution is -0.139. The highest BCUT2D eigenvalue weighted by Crippen LogP contribution is 2.16. The zero-order valence-electron chi connectivity index (χ0n) is 17.9. The maximum absolute atomic E-state index is 12.5. The summed E-state index contributed by atoms with van der Waals surface area (Å²) in [6, 6.07) is 23.1. The summed E-state index contributed by atoms with van der Waals surface area (Å²) in [5.41, 5.74) is 3.26. The molecule has 0 saturated carbocycles. The van der Waals surface area contributed by atoms with Gasteiger partial charge in [-0.2, -0.15) is 0 Å². The molecule has 2 N–H and O–H groups in total. The Bertz CT molecular complexity index is 1170. The van der Waals surface area contributed by atoms with E-state index in [4.69, 9.17) is 0 Å². The van der Waals surface area contributed by atoms with Crippen molar-refractivity contribution in [3.8, 4) is 0 Å². The van der Waals surface area contributed by atoms with Crippen molar-refractivity contribution in [3.05, 3.63) is 101 Å². The summed E-state index contributed by atoms with van der Waals surface area (Å²) in [6.07, 6.45) is 0.517. The fourth-order valence-electron chi connectivity index (χ4n) is 3.58. The van der Waals surface area contributed by atoms with Gasteiger partial charge in [-0.3, -0.25) is 24.1 Å². The van der Waals surface area contributed by atoms with Gasteiger partial charge in [0, 0.05) is 36.2 Å². The fraction of sp³-hybridized carbons (Fsp3) is 0.154. The molecule has 1 aliphatic rings. The number of benzene rings is 3. The Morgan fingerprint density at radius 2 is 1.42 bits per heavy atom. The number of carbonyl (C=O) groups is 4. The Labute approximate surface area is 191 Å². The van der Waals surface area contributed by atoms with Gasteiger partial charge in [0.25, 0.3) is 11.8 Å². The molecule has 3 aromatic carbocycles. The van der Waals surface area contributed by atoms with Crippen molar-refractivity contribution in [2.45, 2.75) is 25.9 Å². The molecule has 0 spiro atoms. The molecule has 1 heterocycles. The van der Waals surface area contributed by atoms with Crippen LogP contribution in [0.3, 0.4) is 0 Å². The van der Waals surface area contributed by atoms with Gasteiger partial charge in [-0.05, 0) is 47.5 Å². The van der Waals surface area contributed by atoms with Crippen molar-refractivity contribution in [1.29, 1.82) is 0 Å². The first-order chi connectivity index (χ1) is 16.0. The molecule has 1 aliphatic heterocycles. The lowest BCUT2D eigenvalue weighted by Crippen LogP contribution is -2.28. The second-order valence-corrected chi connectivity index (χ2v) is 7.77. The molecule has 7 heteroatoms. The van der Waals surface area contributed by atoms with Crippen LogP contribution < -0.4 is 10.6 Å². The minimum atomic E-state index is -0.256. The van der Waals surface area contributed by atoms with Gasteiger partial charge >= 0.3 is 0 Å². The predicted molar refractivity (Wildman–Crippen MR) is 123 cm³/mol. The highest BCUT2D eigenvalue weighted by molar-refractivity contribution is 6.04. The molecule has 0 aromatic heterocycles. The predicted octanol–water partition coefficient (Wildman–Crippen LogP) is 3.52. The number of hydrogen-bond acceptors (Lipinski definition) is 4. The molecule has 166 valence electrons. The van der Waals surface area contributed by atoms with E-state index in [1.165, 1.54) is 4.90 Å². The molecule has 1 saturated heterocycles. The minimum Gasteiger partial charge on any atom is -0.348 e. The number of nitrogens with zero attached hydrogens (tertiary/aromatic N) is 1. The summed E-state index contributed by atoms with van der Waals surface area (Å²) >= 11 is 0. The second kappa shape index (κ2) is 9.91. The van der Waals surface area contributed by atoms with Gasteiger partial charge in [0.05, 0.1) is 6.54 Å². The summed E-state index contributed by atoms with van der Waals surface area (Å²) in [5.74, 6) is -0.808. The van der Waals surface area contributed by atoms with E-state index in [0.717, 1.165) is 11.1 Å². The Morgan fingerprint density at radius 3 is 2.12 bits per heavy atom. The van der Waals surface area contributed by atoms with Gasteiger partial charge in [-0.1, -0.05) is 42.5 Å². The van der Waals surface area contributed by atoms with Crippen LogP contribution in [-0.4, -0.2) is 28.5 Å². The summed E-state index contributed by atoms with van der Waals surface area (Å²) in [7, 11) is 0. The van der Waals surface area contributed by atoms with Crippen LogP contribution >= 0.6 is 0 Å². The number of rotatable bonds is 7. The van der Waals surface area contributed by atoms with E-state index in [2.05, 4.69) is 10.6 Å². The van der Waals surface area contributed by atoms with Gasteiger partial charge < -0.3 is 10.6 Å². The summed E-state index contributed by atoms with van der Waals surface area (Å²) in [5, 5.41) is 5.69. The van der Waals surface area contributed by atoms with Gasteiger partial charge in [-0.15, -0.1) is 0 Å². The zero-order chi connectivity index (χ0) is 23.2. The summed E-state index contributed by atoms with van der Waals surface area (Å²) in [6.45, 7) is 0.487. The van der Waals surface area contributed by atoms with Crippen LogP contribution in [0.25, 0.3) is 0 Å². The van der Waals surface area contributed by atoms with Gasteiger partial charge in [0.1, 0.15) is 0 Å². The summed E-state index contributed by atoms with van der Waals surface area (Å²) < 4.78 is 0. The normalized spacial score (nSPS) is 13.2. The standard InChI is InChI=1S/C26H23N3O4/c30-23-13-14-24(31)29(23)17-18-9-11-20(12-10-18)25(32)27-16-19-5-4-6-21(15-19)26(33)28-22-7-2-1-3-8-22/h1-12,15H,13-14,16-17H2,(H,27,32)(H,28,33). The van der Waals surface area contributed by atoms with Crippen LogP contribution in [0.2, 0.25) is 0 Å². The molecule has 0 atom stereocenters. The zero-order valence-corrected chi connectivity index (χ0v) is 17.9. The van der Waals surface area contributed by atoms with Gasteiger partial charge in [-0.25, -0.2) is 0 Å². The van der Waals surface area contributed by atoms with Crippen molar-refractivity contribution in [1.82, 2.24) is 10.2 Å². The third-order valence-electron chi connectivity index (χ3n) is 5.39. The minimum absolute atomic E-state index is 0.165. The van der Waals surface area contributed by atoms with Crippen molar-refractivity contribution in [2.75, 3.05) is 5.32 Å². The van der Waals surface area contributed by atoms with Crippen LogP contribution in [-0.2, 0) is 22.7 Å². The number of anilines is 1. The molecular formula is C26H23N3O4. The Hall–Kier alpha value is -4.26. The smallest absolute Gasteiger partial charge is 0.255 e. The summed E-state index contributed by atoms with van der Waals surface area (Å²) in [4.78, 5) is 49.8. The van der Waals surface area contributed by atoms with Gasteiger partial charge in [0.2, 0.25) is 11.8 Å². The highest BCUT2D eigenvalue weighted by Gasteiger charge is 2.28. The molecule has 0 bridgehead atoms. The van der Waals surface area contributed by atoms with Crippen LogP contribution in [0.5, 0.6) is 0 Å². The maximum atomic E-state index is 12.5. The SMILES string of the molecule is O=C(NCc1cccc(C(=O)Nc2ccccc2)c1)c1ccc(CN2C(=O)CCC2=O)cc1. The Balaban J connectivity index is 1.33. The number of para-hydroxylation sites is 1. The van der Waals surface area contributed by atoms with Crippen molar-refractivity contribution in [2.24, 2.45) is 0 Å². The quantitative estimate of drug-likeness (QED) is 0.549. The van der Waals surface area contributed by atoms with Crippen LogP contribution in [0.15, 0.2) is 78.9 Å². The van der Waals surface area contributed by atoms with Crippen molar-refractivity contribution < 1.29 is 19.2 Å². The number of nitrogens with one attached hydrogen (secondary N) is 2. The lowest BCUT2D eigenvalue weighted by atomic mass is 10.1. The Morgan fingerprint density at radius 1 is 0.727 bits per heavy atom. The number of likely N-dealkylation sites (tertiary alicyclic amines) is 1. The van der Waals surface area contributed by atoms with E-state index in [1.54, 1.807) is 42.5 Å². The number of hydrogen-bond donors (Lipinski definition) is 2. The first kappa shape index (κ1) is 22.0. The molecule has 4 amide bonds. The Kier molecular flexibility index (Phi) is 6.59. The van der Waals surface area contributed by atoms with Crippen molar-refractivity contribution >= 4 is 29.3 Å². The third-order valence-corrected chi connectivity index (χ3v) is 5.39. The van der Waals surface area contributed by atoms with E-state index < -0.39 is 0 Å². The lowest BCUT2D eigenvalue weighted by Gasteiger charge is -2.14. The molecule has 0 unspecified atom stereocenters. The topological polar surface area (TPSA) is 95.6 Å². The molecule has 3 aromatic rings. The molecule has 33 heavy (non-hydrogen) atoms. The number of amides is 4. The van der Waals surface area contributed by atoms with Crippen molar-refractivity contribution in [3.63, 3.8) is 0 Å². The van der Waals surface area contributed by atoms with E-state index in [1.807, 2.05) is 36.4 Å². The molecule has 0 radical (unpaired) electrons. The van der Waals surface area contributed by atoms with Crippen LogP contribution in [0.1, 0.15) is 44.7 Å². The van der Waals surface area contributed by atoms with E-state index in [9.17, 15) is 19.2 Å². The molecule has 7 nitrogen and oxygen atoms in total. The average molecular weight is 441 g/mol. The molecular weight excluding hydrogens is 418 g/mol. The first-order valence-corrected chi connectivity index (χ1v) is 10.7. The number of carbonyl (C=O) groups excluding carboxylic acids is 4. The second-order valence-electron chi connectivity index (χ2n) is 7.77. The van der Waals surface area contributed by atoms with E-state index >= 15 is 0 Å². The maximum Gasteiger partial charge on any atom is 0.255 e. The molecule has 1 fully saturated rings. The number of imide groups is 1. The monoisotopic (exact) mass is 441 g/mol. The highest BCUT2D eigenvalue weighted by atomic mass is 16.2. The first-order valence-electron chi connectivity index (χ1n) is 10.7. The molecule has 4 rings (SSSR count). The molecule has 0 aliphatic carbocycles. The third kappa shape index (κ3) is 5.51. The average Bonchev–Trinajstić information content (AvgIpc) is 3.16. The van der Waals surface area contributed by atoms with E-state index in [0.29, 0.717) is 16.8 Å².